The number of hydrogen-bond acceptors (Lipinski definition) is 2. The minimum absolute atomic E-state index is 1.13. The highest BCUT2D eigenvalue weighted by Crippen LogP contribution is 2.38. The molecule has 0 radical (unpaired) electrons. The van der Waals surface area contributed by atoms with E-state index in [1.54, 1.807) is 0 Å². The standard InChI is InChI=1S/C46H40N2/c1-33-9-5-13-42(27-33)47(43-14-6-10-34(2)28-43)41-24-20-37(21-25-41)17-18-38-19-22-40-32-46(26-23-39(40)31-38)48(44-15-7-11-35(3)29-44)45-16-8-12-36(4)30-45/h5-32H,1-4H3/b18-17+. The van der Waals surface area contributed by atoms with E-state index in [9.17, 15) is 0 Å². The monoisotopic (exact) mass is 620 g/mol. The summed E-state index contributed by atoms with van der Waals surface area (Å²) in [5.74, 6) is 0. The molecule has 0 aliphatic heterocycles. The molecule has 0 amide bonds. The topological polar surface area (TPSA) is 6.48 Å². The maximum Gasteiger partial charge on any atom is 0.0468 e. The summed E-state index contributed by atoms with van der Waals surface area (Å²) in [5.41, 5.74) is 14.2. The third kappa shape index (κ3) is 6.79. The number of benzene rings is 7. The van der Waals surface area contributed by atoms with Crippen molar-refractivity contribution >= 4 is 57.0 Å². The lowest BCUT2D eigenvalue weighted by Gasteiger charge is -2.26. The van der Waals surface area contributed by atoms with Crippen LogP contribution in [0.3, 0.4) is 0 Å². The lowest BCUT2D eigenvalue weighted by atomic mass is 10.0. The first kappa shape index (κ1) is 30.8. The van der Waals surface area contributed by atoms with E-state index in [-0.39, 0.29) is 0 Å². The summed E-state index contributed by atoms with van der Waals surface area (Å²) in [6, 6.07) is 57.0. The highest BCUT2D eigenvalue weighted by atomic mass is 15.1. The van der Waals surface area contributed by atoms with Crippen LogP contribution in [0.1, 0.15) is 33.4 Å². The average Bonchev–Trinajstić information content (AvgIpc) is 3.08. The average molecular weight is 621 g/mol. The van der Waals surface area contributed by atoms with Gasteiger partial charge in [0, 0.05) is 34.1 Å². The minimum atomic E-state index is 1.13. The molecule has 0 saturated heterocycles. The maximum atomic E-state index is 2.34. The van der Waals surface area contributed by atoms with Gasteiger partial charge < -0.3 is 9.80 Å². The van der Waals surface area contributed by atoms with Crippen LogP contribution in [0.2, 0.25) is 0 Å². The van der Waals surface area contributed by atoms with Crippen LogP contribution in [-0.4, -0.2) is 0 Å². The Morgan fingerprint density at radius 2 is 0.667 bits per heavy atom. The Morgan fingerprint density at radius 1 is 0.312 bits per heavy atom. The highest BCUT2D eigenvalue weighted by Gasteiger charge is 2.14. The van der Waals surface area contributed by atoms with Crippen LogP contribution in [0.25, 0.3) is 22.9 Å². The summed E-state index contributed by atoms with van der Waals surface area (Å²) in [6.07, 6.45) is 4.40. The molecule has 0 saturated carbocycles. The summed E-state index contributed by atoms with van der Waals surface area (Å²) in [7, 11) is 0. The van der Waals surface area contributed by atoms with Crippen LogP contribution in [0.4, 0.5) is 34.1 Å². The number of aryl methyl sites for hydroxylation is 4. The van der Waals surface area contributed by atoms with E-state index in [0.29, 0.717) is 0 Å². The van der Waals surface area contributed by atoms with Gasteiger partial charge in [0.15, 0.2) is 0 Å². The molecule has 0 bridgehead atoms. The third-order valence-corrected chi connectivity index (χ3v) is 8.77. The second-order valence-corrected chi connectivity index (χ2v) is 12.7. The molecular weight excluding hydrogens is 581 g/mol. The molecule has 0 aliphatic rings. The molecule has 0 unspecified atom stereocenters. The molecule has 234 valence electrons. The van der Waals surface area contributed by atoms with Crippen molar-refractivity contribution in [1.29, 1.82) is 0 Å². The lowest BCUT2D eigenvalue weighted by molar-refractivity contribution is 1.26. The Kier molecular flexibility index (Phi) is 8.64. The third-order valence-electron chi connectivity index (χ3n) is 8.77. The molecule has 0 fully saturated rings. The lowest BCUT2D eigenvalue weighted by Crippen LogP contribution is -2.10. The summed E-state index contributed by atoms with van der Waals surface area (Å²) in [5, 5.41) is 2.43. The molecule has 0 spiro atoms. The molecule has 0 N–H and O–H groups in total. The number of nitrogens with zero attached hydrogens (tertiary/aromatic N) is 2. The van der Waals surface area contributed by atoms with Crippen LogP contribution < -0.4 is 9.80 Å². The Balaban J connectivity index is 1.15. The SMILES string of the molecule is Cc1cccc(N(c2ccc(/C=C/c3ccc4cc(N(c5cccc(C)c5)c5cccc(C)c5)ccc4c3)cc2)c2cccc(C)c2)c1. The van der Waals surface area contributed by atoms with Gasteiger partial charge in [0.25, 0.3) is 0 Å². The van der Waals surface area contributed by atoms with E-state index in [1.165, 1.54) is 38.6 Å². The Bertz CT molecular complexity index is 2150. The van der Waals surface area contributed by atoms with Gasteiger partial charge in [-0.1, -0.05) is 91.0 Å². The van der Waals surface area contributed by atoms with Crippen molar-refractivity contribution in [3.63, 3.8) is 0 Å². The van der Waals surface area contributed by atoms with Crippen molar-refractivity contribution in [3.8, 4) is 0 Å². The second-order valence-electron chi connectivity index (χ2n) is 12.7. The molecule has 7 rings (SSSR count). The van der Waals surface area contributed by atoms with Gasteiger partial charge in [0.2, 0.25) is 0 Å². The van der Waals surface area contributed by atoms with Gasteiger partial charge in [-0.15, -0.1) is 0 Å². The van der Waals surface area contributed by atoms with E-state index >= 15 is 0 Å². The van der Waals surface area contributed by atoms with E-state index < -0.39 is 0 Å². The molecule has 0 aliphatic carbocycles. The number of rotatable bonds is 8. The van der Waals surface area contributed by atoms with Crippen LogP contribution in [-0.2, 0) is 0 Å². The first-order chi connectivity index (χ1) is 23.4. The van der Waals surface area contributed by atoms with E-state index in [1.807, 2.05) is 0 Å². The van der Waals surface area contributed by atoms with E-state index in [2.05, 4.69) is 207 Å². The Labute approximate surface area is 284 Å². The summed E-state index contributed by atoms with van der Waals surface area (Å²) in [6.45, 7) is 8.58. The van der Waals surface area contributed by atoms with Crippen molar-refractivity contribution in [2.45, 2.75) is 27.7 Å². The molecule has 2 nitrogen and oxygen atoms in total. The number of fused-ring (bicyclic) bond motifs is 1. The summed E-state index contributed by atoms with van der Waals surface area (Å²) < 4.78 is 0. The van der Waals surface area contributed by atoms with Crippen molar-refractivity contribution in [2.75, 3.05) is 9.80 Å². The van der Waals surface area contributed by atoms with Gasteiger partial charge in [-0.05, 0) is 151 Å². The molecule has 48 heavy (non-hydrogen) atoms. The quantitative estimate of drug-likeness (QED) is 0.156. The molecule has 0 aromatic heterocycles. The van der Waals surface area contributed by atoms with Crippen LogP contribution in [0, 0.1) is 27.7 Å². The van der Waals surface area contributed by atoms with Gasteiger partial charge in [-0.2, -0.15) is 0 Å². The second kappa shape index (κ2) is 13.5. The van der Waals surface area contributed by atoms with Crippen molar-refractivity contribution < 1.29 is 0 Å². The first-order valence-electron chi connectivity index (χ1n) is 16.6. The van der Waals surface area contributed by atoms with E-state index in [0.717, 1.165) is 39.7 Å². The predicted octanol–water partition coefficient (Wildman–Crippen LogP) is 13.2. The van der Waals surface area contributed by atoms with Crippen molar-refractivity contribution in [2.24, 2.45) is 0 Å². The first-order valence-corrected chi connectivity index (χ1v) is 16.6. The van der Waals surface area contributed by atoms with Crippen LogP contribution in [0.15, 0.2) is 158 Å². The van der Waals surface area contributed by atoms with Gasteiger partial charge in [-0.3, -0.25) is 0 Å². The fourth-order valence-corrected chi connectivity index (χ4v) is 6.38. The molecule has 0 atom stereocenters. The molecule has 2 heteroatoms. The summed E-state index contributed by atoms with van der Waals surface area (Å²) in [4.78, 5) is 4.67. The maximum absolute atomic E-state index is 2.34. The van der Waals surface area contributed by atoms with Gasteiger partial charge in [-0.25, -0.2) is 0 Å². The predicted molar refractivity (Wildman–Crippen MR) is 208 cm³/mol. The zero-order valence-electron chi connectivity index (χ0n) is 28.1. The highest BCUT2D eigenvalue weighted by molar-refractivity contribution is 5.91. The minimum Gasteiger partial charge on any atom is -0.310 e. The number of anilines is 6. The summed E-state index contributed by atoms with van der Waals surface area (Å²) >= 11 is 0. The fourth-order valence-electron chi connectivity index (χ4n) is 6.38. The normalized spacial score (nSPS) is 11.2. The fraction of sp³-hybridized carbons (Fsp3) is 0.0870. The zero-order chi connectivity index (χ0) is 33.0. The molecular formula is C46H40N2. The number of hydrogen-bond donors (Lipinski definition) is 0. The van der Waals surface area contributed by atoms with Gasteiger partial charge in [0.1, 0.15) is 0 Å². The largest absolute Gasteiger partial charge is 0.310 e. The van der Waals surface area contributed by atoms with Gasteiger partial charge >= 0.3 is 0 Å². The smallest absolute Gasteiger partial charge is 0.0468 e. The van der Waals surface area contributed by atoms with Crippen molar-refractivity contribution in [1.82, 2.24) is 0 Å². The molecule has 0 heterocycles. The van der Waals surface area contributed by atoms with Crippen LogP contribution >= 0.6 is 0 Å². The molecule has 7 aromatic carbocycles. The van der Waals surface area contributed by atoms with Gasteiger partial charge in [0.05, 0.1) is 0 Å². The molecule has 7 aromatic rings. The van der Waals surface area contributed by atoms with Crippen LogP contribution in [0.5, 0.6) is 0 Å². The zero-order valence-corrected chi connectivity index (χ0v) is 28.1. The van der Waals surface area contributed by atoms with Crippen molar-refractivity contribution in [3.05, 3.63) is 191 Å². The Hall–Kier alpha value is -5.86. The Morgan fingerprint density at radius 3 is 1.15 bits per heavy atom. The van der Waals surface area contributed by atoms with E-state index in [4.69, 9.17) is 0 Å².